The Kier molecular flexibility index (Phi) is 3.84. The summed E-state index contributed by atoms with van der Waals surface area (Å²) in [6, 6.07) is 6.00. The van der Waals surface area contributed by atoms with E-state index in [1.165, 1.54) is 6.26 Å². The van der Waals surface area contributed by atoms with Crippen LogP contribution in [0.3, 0.4) is 0 Å². The Morgan fingerprint density at radius 1 is 1.14 bits per heavy atom. The zero-order valence-corrected chi connectivity index (χ0v) is 13.0. The van der Waals surface area contributed by atoms with E-state index in [-0.39, 0.29) is 5.41 Å². The smallest absolute Gasteiger partial charge is 0.208 e. The van der Waals surface area contributed by atoms with Crippen LogP contribution in [0, 0.1) is 0 Å². The van der Waals surface area contributed by atoms with Gasteiger partial charge in [-0.05, 0) is 30.5 Å². The molecule has 1 saturated carbocycles. The molecule has 1 N–H and O–H groups in total. The first kappa shape index (κ1) is 14.7. The summed E-state index contributed by atoms with van der Waals surface area (Å²) in [4.78, 5) is 0. The standard InChI is InChI=1S/C15H21NO4S/c1-21(17,18)16-11-15(6-2-3-7-15)12-4-5-13-14(10-12)20-9-8-19-13/h4-5,10,16H,2-3,6-9,11H2,1H3. The maximum atomic E-state index is 11.4. The lowest BCUT2D eigenvalue weighted by molar-refractivity contribution is 0.171. The molecule has 1 aromatic rings. The van der Waals surface area contributed by atoms with Crippen molar-refractivity contribution in [2.24, 2.45) is 0 Å². The van der Waals surface area contributed by atoms with E-state index in [0.717, 1.165) is 42.7 Å². The Bertz CT molecular complexity index is 621. The first-order chi connectivity index (χ1) is 9.99. The highest BCUT2D eigenvalue weighted by atomic mass is 32.2. The predicted molar refractivity (Wildman–Crippen MR) is 80.4 cm³/mol. The van der Waals surface area contributed by atoms with Crippen LogP contribution in [0.25, 0.3) is 0 Å². The van der Waals surface area contributed by atoms with Gasteiger partial charge in [0, 0.05) is 12.0 Å². The lowest BCUT2D eigenvalue weighted by atomic mass is 9.79. The van der Waals surface area contributed by atoms with E-state index in [2.05, 4.69) is 4.72 Å². The van der Waals surface area contributed by atoms with Crippen molar-refractivity contribution in [1.82, 2.24) is 4.72 Å². The molecule has 1 aromatic carbocycles. The predicted octanol–water partition coefficient (Wildman–Crippen LogP) is 1.82. The minimum atomic E-state index is -3.18. The summed E-state index contributed by atoms with van der Waals surface area (Å²) in [6.45, 7) is 1.59. The van der Waals surface area contributed by atoms with E-state index in [9.17, 15) is 8.42 Å². The zero-order valence-electron chi connectivity index (χ0n) is 12.2. The Morgan fingerprint density at radius 3 is 2.48 bits per heavy atom. The van der Waals surface area contributed by atoms with Crippen molar-refractivity contribution in [3.63, 3.8) is 0 Å². The van der Waals surface area contributed by atoms with E-state index in [1.807, 2.05) is 18.2 Å². The van der Waals surface area contributed by atoms with Gasteiger partial charge in [-0.3, -0.25) is 0 Å². The molecule has 2 aliphatic rings. The Morgan fingerprint density at radius 2 is 1.81 bits per heavy atom. The van der Waals surface area contributed by atoms with Crippen molar-refractivity contribution in [3.8, 4) is 11.5 Å². The van der Waals surface area contributed by atoms with Crippen molar-refractivity contribution < 1.29 is 17.9 Å². The summed E-state index contributed by atoms with van der Waals surface area (Å²) in [6.07, 6.45) is 5.45. The summed E-state index contributed by atoms with van der Waals surface area (Å²) in [5.74, 6) is 1.54. The van der Waals surface area contributed by atoms with Crippen LogP contribution in [0.2, 0.25) is 0 Å². The summed E-state index contributed by atoms with van der Waals surface area (Å²) >= 11 is 0. The number of sulfonamides is 1. The average molecular weight is 311 g/mol. The molecule has 1 aliphatic heterocycles. The molecule has 3 rings (SSSR count). The molecule has 0 amide bonds. The van der Waals surface area contributed by atoms with Gasteiger partial charge in [0.2, 0.25) is 10.0 Å². The second-order valence-corrected chi connectivity index (χ2v) is 7.77. The highest BCUT2D eigenvalue weighted by molar-refractivity contribution is 7.88. The number of fused-ring (bicyclic) bond motifs is 1. The molecule has 0 radical (unpaired) electrons. The van der Waals surface area contributed by atoms with Gasteiger partial charge < -0.3 is 9.47 Å². The molecule has 0 bridgehead atoms. The van der Waals surface area contributed by atoms with Crippen molar-refractivity contribution in [2.75, 3.05) is 26.0 Å². The van der Waals surface area contributed by atoms with Gasteiger partial charge >= 0.3 is 0 Å². The molecule has 1 heterocycles. The van der Waals surface area contributed by atoms with Gasteiger partial charge in [-0.1, -0.05) is 18.9 Å². The van der Waals surface area contributed by atoms with Gasteiger partial charge in [-0.15, -0.1) is 0 Å². The molecule has 6 heteroatoms. The fourth-order valence-electron chi connectivity index (χ4n) is 3.26. The molecule has 0 saturated heterocycles. The minimum Gasteiger partial charge on any atom is -0.486 e. The van der Waals surface area contributed by atoms with E-state index < -0.39 is 10.0 Å². The fraction of sp³-hybridized carbons (Fsp3) is 0.600. The highest BCUT2D eigenvalue weighted by Crippen LogP contribution is 2.43. The maximum Gasteiger partial charge on any atom is 0.208 e. The monoisotopic (exact) mass is 311 g/mol. The second-order valence-electron chi connectivity index (χ2n) is 5.94. The van der Waals surface area contributed by atoms with Crippen molar-refractivity contribution in [2.45, 2.75) is 31.1 Å². The van der Waals surface area contributed by atoms with Gasteiger partial charge in [-0.2, -0.15) is 0 Å². The third kappa shape index (κ3) is 3.16. The first-order valence-electron chi connectivity index (χ1n) is 7.33. The van der Waals surface area contributed by atoms with Crippen LogP contribution in [0.1, 0.15) is 31.2 Å². The van der Waals surface area contributed by atoms with Gasteiger partial charge in [0.05, 0.1) is 6.26 Å². The van der Waals surface area contributed by atoms with Crippen LogP contribution in [0.5, 0.6) is 11.5 Å². The lowest BCUT2D eigenvalue weighted by Gasteiger charge is -2.31. The number of benzene rings is 1. The molecule has 0 aromatic heterocycles. The third-order valence-corrected chi connectivity index (χ3v) is 5.06. The fourth-order valence-corrected chi connectivity index (χ4v) is 3.80. The van der Waals surface area contributed by atoms with E-state index in [0.29, 0.717) is 19.8 Å². The van der Waals surface area contributed by atoms with Crippen LogP contribution in [0.15, 0.2) is 18.2 Å². The quantitative estimate of drug-likeness (QED) is 0.921. The van der Waals surface area contributed by atoms with Crippen molar-refractivity contribution in [3.05, 3.63) is 23.8 Å². The molecule has 1 aliphatic carbocycles. The number of rotatable bonds is 4. The maximum absolute atomic E-state index is 11.4. The number of ether oxygens (including phenoxy) is 2. The molecule has 1 fully saturated rings. The Hall–Kier alpha value is -1.27. The van der Waals surface area contributed by atoms with E-state index in [4.69, 9.17) is 9.47 Å². The molecule has 0 spiro atoms. The van der Waals surface area contributed by atoms with Crippen LogP contribution >= 0.6 is 0 Å². The lowest BCUT2D eigenvalue weighted by Crippen LogP contribution is -2.38. The summed E-state index contributed by atoms with van der Waals surface area (Å²) in [7, 11) is -3.18. The van der Waals surface area contributed by atoms with Crippen LogP contribution < -0.4 is 14.2 Å². The molecule has 0 atom stereocenters. The molecular weight excluding hydrogens is 290 g/mol. The topological polar surface area (TPSA) is 64.6 Å². The summed E-state index contributed by atoms with van der Waals surface area (Å²) in [5, 5.41) is 0. The van der Waals surface area contributed by atoms with Gasteiger partial charge in [0.1, 0.15) is 13.2 Å². The zero-order chi connectivity index (χ0) is 14.9. The second kappa shape index (κ2) is 5.50. The number of hydrogen-bond acceptors (Lipinski definition) is 4. The van der Waals surface area contributed by atoms with Crippen LogP contribution in [-0.4, -0.2) is 34.4 Å². The van der Waals surface area contributed by atoms with Crippen LogP contribution in [0.4, 0.5) is 0 Å². The van der Waals surface area contributed by atoms with Crippen molar-refractivity contribution in [1.29, 1.82) is 0 Å². The highest BCUT2D eigenvalue weighted by Gasteiger charge is 2.37. The molecule has 5 nitrogen and oxygen atoms in total. The SMILES string of the molecule is CS(=O)(=O)NCC1(c2ccc3c(c2)OCCO3)CCCC1. The van der Waals surface area contributed by atoms with Gasteiger partial charge in [-0.25, -0.2) is 13.1 Å². The van der Waals surface area contributed by atoms with Crippen LogP contribution in [-0.2, 0) is 15.4 Å². The Labute approximate surface area is 125 Å². The molecular formula is C15H21NO4S. The minimum absolute atomic E-state index is 0.126. The molecule has 0 unspecified atom stereocenters. The summed E-state index contributed by atoms with van der Waals surface area (Å²) in [5.41, 5.74) is 1.01. The first-order valence-corrected chi connectivity index (χ1v) is 9.22. The average Bonchev–Trinajstić information content (AvgIpc) is 2.94. The third-order valence-electron chi connectivity index (χ3n) is 4.39. The van der Waals surface area contributed by atoms with Crippen molar-refractivity contribution >= 4 is 10.0 Å². The number of nitrogens with one attached hydrogen (secondary N) is 1. The molecule has 116 valence electrons. The molecule has 21 heavy (non-hydrogen) atoms. The normalized spacial score (nSPS) is 20.4. The van der Waals surface area contributed by atoms with Gasteiger partial charge in [0.15, 0.2) is 11.5 Å². The van der Waals surface area contributed by atoms with E-state index >= 15 is 0 Å². The number of hydrogen-bond donors (Lipinski definition) is 1. The summed E-state index contributed by atoms with van der Waals surface area (Å²) < 4.78 is 36.8. The van der Waals surface area contributed by atoms with E-state index in [1.54, 1.807) is 0 Å². The largest absolute Gasteiger partial charge is 0.486 e. The van der Waals surface area contributed by atoms with Gasteiger partial charge in [0.25, 0.3) is 0 Å². The Balaban J connectivity index is 1.90.